The highest BCUT2D eigenvalue weighted by molar-refractivity contribution is 5.80. The van der Waals surface area contributed by atoms with Gasteiger partial charge < -0.3 is 15.7 Å². The van der Waals surface area contributed by atoms with Crippen LogP contribution in [0.5, 0.6) is 0 Å². The smallest absolute Gasteiger partial charge is 0.231 e. The summed E-state index contributed by atoms with van der Waals surface area (Å²) in [6.07, 6.45) is 6.17. The number of nitrogens with zero attached hydrogens (tertiary/aromatic N) is 2. The zero-order chi connectivity index (χ0) is 16.9. The Labute approximate surface area is 138 Å². The molecule has 2 atom stereocenters. The molecule has 0 aromatic heterocycles. The van der Waals surface area contributed by atoms with Crippen molar-refractivity contribution in [1.82, 2.24) is 9.80 Å². The molecule has 2 amide bonds. The number of piperidine rings is 2. The molecule has 0 bridgehead atoms. The Bertz CT molecular complexity index is 454. The Balaban J connectivity index is 1.98. The molecule has 0 aromatic rings. The second-order valence-corrected chi connectivity index (χ2v) is 7.05. The molecule has 2 fully saturated rings. The second-order valence-electron chi connectivity index (χ2n) is 7.05. The van der Waals surface area contributed by atoms with Crippen LogP contribution in [0.25, 0.3) is 0 Å². The summed E-state index contributed by atoms with van der Waals surface area (Å²) >= 11 is 0. The average molecular weight is 323 g/mol. The minimum absolute atomic E-state index is 0.0682. The van der Waals surface area contributed by atoms with E-state index in [1.165, 1.54) is 0 Å². The van der Waals surface area contributed by atoms with E-state index in [2.05, 4.69) is 6.58 Å². The number of hydrogen-bond donors (Lipinski definition) is 2. The fourth-order valence-electron chi connectivity index (χ4n) is 3.94. The average Bonchev–Trinajstić information content (AvgIpc) is 2.54. The summed E-state index contributed by atoms with van der Waals surface area (Å²) in [4.78, 5) is 27.8. The first kappa shape index (κ1) is 17.9. The Morgan fingerprint density at radius 3 is 2.78 bits per heavy atom. The Hall–Kier alpha value is -1.40. The van der Waals surface area contributed by atoms with Gasteiger partial charge in [0.25, 0.3) is 0 Å². The number of allylic oxidation sites excluding steroid dienone is 1. The van der Waals surface area contributed by atoms with Crippen LogP contribution in [0.2, 0.25) is 0 Å². The molecular weight excluding hydrogens is 294 g/mol. The summed E-state index contributed by atoms with van der Waals surface area (Å²) in [7, 11) is 0. The first-order valence-electron chi connectivity index (χ1n) is 8.51. The van der Waals surface area contributed by atoms with E-state index in [1.807, 2.05) is 15.9 Å². The second kappa shape index (κ2) is 7.93. The van der Waals surface area contributed by atoms with Crippen molar-refractivity contribution in [2.75, 3.05) is 39.3 Å². The lowest BCUT2D eigenvalue weighted by molar-refractivity contribution is -0.142. The van der Waals surface area contributed by atoms with E-state index in [9.17, 15) is 14.7 Å². The van der Waals surface area contributed by atoms with Crippen molar-refractivity contribution in [3.63, 3.8) is 0 Å². The van der Waals surface area contributed by atoms with Crippen LogP contribution in [0, 0.1) is 11.3 Å². The van der Waals surface area contributed by atoms with Gasteiger partial charge in [0.05, 0.1) is 19.1 Å². The molecule has 0 aromatic carbocycles. The van der Waals surface area contributed by atoms with Crippen molar-refractivity contribution < 1.29 is 14.7 Å². The first-order chi connectivity index (χ1) is 11.0. The fourth-order valence-corrected chi connectivity index (χ4v) is 3.94. The van der Waals surface area contributed by atoms with Crippen LogP contribution in [0.3, 0.4) is 0 Å². The number of likely N-dealkylation sites (tertiary alicyclic amines) is 2. The summed E-state index contributed by atoms with van der Waals surface area (Å²) in [5, 5.41) is 9.78. The molecule has 130 valence electrons. The number of rotatable bonds is 6. The highest BCUT2D eigenvalue weighted by Gasteiger charge is 2.38. The highest BCUT2D eigenvalue weighted by atomic mass is 16.3. The Morgan fingerprint density at radius 1 is 1.35 bits per heavy atom. The number of carbonyl (C=O) groups excluding carboxylic acids is 2. The van der Waals surface area contributed by atoms with Crippen LogP contribution in [0.15, 0.2) is 12.7 Å². The van der Waals surface area contributed by atoms with Crippen molar-refractivity contribution in [2.45, 2.75) is 32.1 Å². The lowest BCUT2D eigenvalue weighted by Gasteiger charge is -2.43. The number of carbonyl (C=O) groups is 2. The molecule has 0 radical (unpaired) electrons. The van der Waals surface area contributed by atoms with Gasteiger partial charge in [0.2, 0.25) is 11.8 Å². The van der Waals surface area contributed by atoms with E-state index < -0.39 is 0 Å². The van der Waals surface area contributed by atoms with Crippen LogP contribution in [-0.4, -0.2) is 66.1 Å². The van der Waals surface area contributed by atoms with Crippen LogP contribution < -0.4 is 5.73 Å². The van der Waals surface area contributed by atoms with Gasteiger partial charge in [0.1, 0.15) is 0 Å². The maximum absolute atomic E-state index is 12.9. The highest BCUT2D eigenvalue weighted by Crippen LogP contribution is 2.34. The summed E-state index contributed by atoms with van der Waals surface area (Å²) in [5.41, 5.74) is 5.02. The number of amides is 2. The van der Waals surface area contributed by atoms with E-state index in [0.717, 1.165) is 45.2 Å². The summed E-state index contributed by atoms with van der Waals surface area (Å²) in [5.74, 6) is -0.261. The quantitative estimate of drug-likeness (QED) is 0.691. The zero-order valence-corrected chi connectivity index (χ0v) is 13.9. The van der Waals surface area contributed by atoms with Crippen LogP contribution >= 0.6 is 0 Å². The van der Waals surface area contributed by atoms with E-state index >= 15 is 0 Å². The molecule has 0 aliphatic carbocycles. The Morgan fingerprint density at radius 2 is 2.13 bits per heavy atom. The third kappa shape index (κ3) is 4.54. The van der Waals surface area contributed by atoms with Gasteiger partial charge in [-0.1, -0.05) is 6.08 Å². The summed E-state index contributed by atoms with van der Waals surface area (Å²) < 4.78 is 0. The van der Waals surface area contributed by atoms with E-state index in [-0.39, 0.29) is 36.3 Å². The molecule has 0 saturated carbocycles. The normalized spacial score (nSPS) is 29.3. The van der Waals surface area contributed by atoms with Gasteiger partial charge in [-0.05, 0) is 38.6 Å². The molecule has 2 rings (SSSR count). The van der Waals surface area contributed by atoms with Gasteiger partial charge in [-0.2, -0.15) is 0 Å². The maximum Gasteiger partial charge on any atom is 0.231 e. The van der Waals surface area contributed by atoms with Crippen molar-refractivity contribution in [2.24, 2.45) is 17.1 Å². The molecule has 0 spiro atoms. The van der Waals surface area contributed by atoms with Crippen molar-refractivity contribution in [3.8, 4) is 0 Å². The lowest BCUT2D eigenvalue weighted by atomic mass is 9.77. The van der Waals surface area contributed by atoms with Gasteiger partial charge in [0, 0.05) is 25.0 Å². The number of hydrogen-bond acceptors (Lipinski definition) is 4. The monoisotopic (exact) mass is 323 g/mol. The molecule has 6 heteroatoms. The molecule has 2 aliphatic heterocycles. The largest absolute Gasteiger partial charge is 0.396 e. The number of primary amides is 1. The zero-order valence-electron chi connectivity index (χ0n) is 13.9. The lowest BCUT2D eigenvalue weighted by Crippen LogP contribution is -2.52. The van der Waals surface area contributed by atoms with Crippen molar-refractivity contribution >= 4 is 11.8 Å². The van der Waals surface area contributed by atoms with Gasteiger partial charge >= 0.3 is 0 Å². The molecule has 23 heavy (non-hydrogen) atoms. The van der Waals surface area contributed by atoms with Gasteiger partial charge in [-0.15, -0.1) is 6.58 Å². The topological polar surface area (TPSA) is 86.9 Å². The minimum Gasteiger partial charge on any atom is -0.396 e. The number of nitrogens with two attached hydrogens (primary N) is 1. The first-order valence-corrected chi connectivity index (χ1v) is 8.51. The third-order valence-corrected chi connectivity index (χ3v) is 5.12. The van der Waals surface area contributed by atoms with Crippen LogP contribution in [0.4, 0.5) is 0 Å². The van der Waals surface area contributed by atoms with E-state index in [0.29, 0.717) is 13.1 Å². The van der Waals surface area contributed by atoms with E-state index in [1.54, 1.807) is 0 Å². The van der Waals surface area contributed by atoms with Gasteiger partial charge in [-0.25, -0.2) is 0 Å². The maximum atomic E-state index is 12.9. The summed E-state index contributed by atoms with van der Waals surface area (Å²) in [6.45, 7) is 6.87. The standard InChI is InChI=1S/C17H29N3O3/c1-2-6-17(13-21)7-4-9-20(12-17)16(23)14-5-3-8-19(10-14)11-15(18)22/h2,14,21H,1,3-13H2,(H2,18,22). The molecular formula is C17H29N3O3. The predicted molar refractivity (Wildman–Crippen MR) is 88.5 cm³/mol. The van der Waals surface area contributed by atoms with Gasteiger partial charge in [-0.3, -0.25) is 14.5 Å². The molecule has 6 nitrogen and oxygen atoms in total. The molecule has 2 aliphatic rings. The number of aliphatic hydroxyl groups excluding tert-OH is 1. The third-order valence-electron chi connectivity index (χ3n) is 5.12. The molecule has 2 unspecified atom stereocenters. The van der Waals surface area contributed by atoms with Crippen LogP contribution in [-0.2, 0) is 9.59 Å². The fraction of sp³-hybridized carbons (Fsp3) is 0.765. The molecule has 2 heterocycles. The molecule has 3 N–H and O–H groups in total. The van der Waals surface area contributed by atoms with Crippen molar-refractivity contribution in [1.29, 1.82) is 0 Å². The molecule has 2 saturated heterocycles. The number of aliphatic hydroxyl groups is 1. The van der Waals surface area contributed by atoms with Crippen molar-refractivity contribution in [3.05, 3.63) is 12.7 Å². The summed E-state index contributed by atoms with van der Waals surface area (Å²) in [6, 6.07) is 0. The minimum atomic E-state index is -0.346. The van der Waals surface area contributed by atoms with E-state index in [4.69, 9.17) is 5.73 Å². The van der Waals surface area contributed by atoms with Crippen LogP contribution in [0.1, 0.15) is 32.1 Å². The SMILES string of the molecule is C=CCC1(CO)CCCN(C(=O)C2CCCN(CC(N)=O)C2)C1. The predicted octanol–water partition coefficient (Wildman–Crippen LogP) is 0.361. The Kier molecular flexibility index (Phi) is 6.18. The van der Waals surface area contributed by atoms with Gasteiger partial charge in [0.15, 0.2) is 0 Å².